The highest BCUT2D eigenvalue weighted by Gasteiger charge is 2.14. The highest BCUT2D eigenvalue weighted by Crippen LogP contribution is 2.34. The van der Waals surface area contributed by atoms with E-state index in [-0.39, 0.29) is 5.95 Å². The number of nitrogens with one attached hydrogen (secondary N) is 1. The number of ether oxygens (including phenoxy) is 1. The van der Waals surface area contributed by atoms with E-state index in [1.807, 2.05) is 49.4 Å². The summed E-state index contributed by atoms with van der Waals surface area (Å²) in [5.74, 6) is 1.54. The summed E-state index contributed by atoms with van der Waals surface area (Å²) in [5.41, 5.74) is 9.53. The normalized spacial score (nSPS) is 10.9. The third-order valence-corrected chi connectivity index (χ3v) is 6.36. The van der Waals surface area contributed by atoms with Gasteiger partial charge in [0.1, 0.15) is 5.69 Å². The number of fused-ring (bicyclic) bond motifs is 1. The maximum absolute atomic E-state index is 5.96. The second-order valence-electron chi connectivity index (χ2n) is 8.04. The SMILES string of the molecule is Cc1cc(-c2nnc(Nc3ccc(Oc4ncccc4-c4ccnc(N)n4)nc3)c3ccccc23)sn1. The van der Waals surface area contributed by atoms with E-state index in [2.05, 4.69) is 39.8 Å². The van der Waals surface area contributed by atoms with Gasteiger partial charge in [-0.15, -0.1) is 10.2 Å². The molecule has 0 aliphatic rings. The van der Waals surface area contributed by atoms with Crippen molar-refractivity contribution in [1.29, 1.82) is 0 Å². The Morgan fingerprint density at radius 2 is 1.78 bits per heavy atom. The molecule has 0 radical (unpaired) electrons. The Morgan fingerprint density at radius 1 is 0.892 bits per heavy atom. The average molecular weight is 506 g/mol. The van der Waals surface area contributed by atoms with Crippen LogP contribution in [0.2, 0.25) is 0 Å². The molecule has 6 rings (SSSR count). The molecule has 0 saturated carbocycles. The van der Waals surface area contributed by atoms with Gasteiger partial charge >= 0.3 is 0 Å². The number of aromatic nitrogens is 7. The number of benzene rings is 1. The Hall–Kier alpha value is -5.03. The van der Waals surface area contributed by atoms with Crippen molar-refractivity contribution in [2.75, 3.05) is 11.1 Å². The number of aryl methyl sites for hydroxylation is 1. The van der Waals surface area contributed by atoms with Gasteiger partial charge in [-0.25, -0.2) is 19.9 Å². The lowest BCUT2D eigenvalue weighted by molar-refractivity contribution is 0.446. The number of hydrogen-bond donors (Lipinski definition) is 2. The van der Waals surface area contributed by atoms with Crippen LogP contribution >= 0.6 is 11.5 Å². The molecule has 0 aliphatic carbocycles. The second-order valence-corrected chi connectivity index (χ2v) is 8.85. The highest BCUT2D eigenvalue weighted by molar-refractivity contribution is 7.09. The first kappa shape index (κ1) is 22.4. The minimum Gasteiger partial charge on any atom is -0.420 e. The fourth-order valence-electron chi connectivity index (χ4n) is 3.79. The molecule has 0 spiro atoms. The average Bonchev–Trinajstić information content (AvgIpc) is 3.36. The topological polar surface area (TPSA) is 138 Å². The lowest BCUT2D eigenvalue weighted by Gasteiger charge is -2.11. The molecule has 1 aromatic carbocycles. The van der Waals surface area contributed by atoms with Crippen molar-refractivity contribution >= 4 is 39.8 Å². The number of pyridine rings is 2. The molecule has 0 bridgehead atoms. The van der Waals surface area contributed by atoms with E-state index in [1.54, 1.807) is 36.8 Å². The molecule has 0 atom stereocenters. The molecule has 11 heteroatoms. The van der Waals surface area contributed by atoms with Gasteiger partial charge in [0, 0.05) is 29.2 Å². The Kier molecular flexibility index (Phi) is 5.79. The second kappa shape index (κ2) is 9.55. The van der Waals surface area contributed by atoms with Crippen LogP contribution in [0.4, 0.5) is 17.5 Å². The Balaban J connectivity index is 1.26. The maximum atomic E-state index is 5.96. The maximum Gasteiger partial charge on any atom is 0.230 e. The van der Waals surface area contributed by atoms with Crippen LogP contribution in [0.15, 0.2) is 79.3 Å². The van der Waals surface area contributed by atoms with Gasteiger partial charge < -0.3 is 15.8 Å². The van der Waals surface area contributed by atoms with Gasteiger partial charge in [-0.2, -0.15) is 4.37 Å². The van der Waals surface area contributed by atoms with Crippen LogP contribution in [-0.2, 0) is 0 Å². The number of anilines is 3. The molecule has 6 aromatic rings. The number of hydrogen-bond acceptors (Lipinski definition) is 11. The third kappa shape index (κ3) is 4.62. The minimum atomic E-state index is 0.173. The monoisotopic (exact) mass is 505 g/mol. The molecule has 0 amide bonds. The van der Waals surface area contributed by atoms with Gasteiger partial charge in [0.15, 0.2) is 5.82 Å². The molecular formula is C26H19N9OS. The van der Waals surface area contributed by atoms with Crippen molar-refractivity contribution in [3.8, 4) is 33.6 Å². The Morgan fingerprint density at radius 3 is 2.57 bits per heavy atom. The quantitative estimate of drug-likeness (QED) is 0.301. The predicted octanol–water partition coefficient (Wildman–Crippen LogP) is 5.43. The van der Waals surface area contributed by atoms with Crippen molar-refractivity contribution in [3.63, 3.8) is 0 Å². The zero-order chi connectivity index (χ0) is 25.2. The summed E-state index contributed by atoms with van der Waals surface area (Å²) in [6.07, 6.45) is 4.89. The van der Waals surface area contributed by atoms with Crippen LogP contribution in [0.25, 0.3) is 32.6 Å². The van der Waals surface area contributed by atoms with Gasteiger partial charge in [0.05, 0.1) is 33.7 Å². The van der Waals surface area contributed by atoms with Gasteiger partial charge in [-0.05, 0) is 48.8 Å². The van der Waals surface area contributed by atoms with Gasteiger partial charge in [0.25, 0.3) is 0 Å². The molecule has 0 unspecified atom stereocenters. The van der Waals surface area contributed by atoms with Crippen molar-refractivity contribution in [2.45, 2.75) is 6.92 Å². The van der Waals surface area contributed by atoms with Gasteiger partial charge in [0.2, 0.25) is 17.7 Å². The van der Waals surface area contributed by atoms with E-state index in [1.165, 1.54) is 11.5 Å². The molecule has 5 heterocycles. The standard InChI is InChI=1S/C26H19N9OS/c1-15-13-21(37-35-15)23-17-5-2-3-6-18(17)24(34-33-23)31-16-8-9-22(30-14-16)36-25-19(7-4-11-28-25)20-10-12-29-26(27)32-20/h2-14H,1H3,(H,31,34)(H2,27,29,32). The molecule has 10 nitrogen and oxygen atoms in total. The predicted molar refractivity (Wildman–Crippen MR) is 143 cm³/mol. The van der Waals surface area contributed by atoms with E-state index >= 15 is 0 Å². The summed E-state index contributed by atoms with van der Waals surface area (Å²) < 4.78 is 10.3. The molecule has 0 saturated heterocycles. The van der Waals surface area contributed by atoms with E-state index in [0.29, 0.717) is 28.8 Å². The van der Waals surface area contributed by atoms with Gasteiger partial charge in [-0.3, -0.25) is 0 Å². The molecule has 5 aromatic heterocycles. The van der Waals surface area contributed by atoms with Crippen molar-refractivity contribution in [2.24, 2.45) is 0 Å². The largest absolute Gasteiger partial charge is 0.420 e. The first-order valence-corrected chi connectivity index (χ1v) is 12.1. The van der Waals surface area contributed by atoms with Crippen molar-refractivity contribution in [1.82, 2.24) is 34.5 Å². The fourth-order valence-corrected chi connectivity index (χ4v) is 4.55. The number of nitrogen functional groups attached to an aromatic ring is 1. The molecule has 180 valence electrons. The summed E-state index contributed by atoms with van der Waals surface area (Å²) in [5, 5.41) is 14.2. The first-order chi connectivity index (χ1) is 18.1. The summed E-state index contributed by atoms with van der Waals surface area (Å²) in [6, 6.07) is 19.0. The molecule has 0 fully saturated rings. The van der Waals surface area contributed by atoms with Crippen LogP contribution in [0, 0.1) is 6.92 Å². The summed E-state index contributed by atoms with van der Waals surface area (Å²) in [7, 11) is 0. The smallest absolute Gasteiger partial charge is 0.230 e. The van der Waals surface area contributed by atoms with E-state index in [4.69, 9.17) is 10.5 Å². The van der Waals surface area contributed by atoms with Crippen LogP contribution in [-0.4, -0.2) is 34.5 Å². The third-order valence-electron chi connectivity index (χ3n) is 5.47. The minimum absolute atomic E-state index is 0.173. The zero-order valence-electron chi connectivity index (χ0n) is 19.5. The van der Waals surface area contributed by atoms with E-state index in [9.17, 15) is 0 Å². The molecular weight excluding hydrogens is 486 g/mol. The van der Waals surface area contributed by atoms with Crippen LogP contribution in [0.5, 0.6) is 11.8 Å². The first-order valence-electron chi connectivity index (χ1n) is 11.3. The Labute approximate surface area is 215 Å². The summed E-state index contributed by atoms with van der Waals surface area (Å²) >= 11 is 1.41. The van der Waals surface area contributed by atoms with Crippen LogP contribution in [0.3, 0.4) is 0 Å². The van der Waals surface area contributed by atoms with Crippen LogP contribution in [0.1, 0.15) is 5.69 Å². The summed E-state index contributed by atoms with van der Waals surface area (Å²) in [6.45, 7) is 1.96. The number of nitrogens with two attached hydrogens (primary N) is 1. The zero-order valence-corrected chi connectivity index (χ0v) is 20.3. The van der Waals surface area contributed by atoms with E-state index < -0.39 is 0 Å². The molecule has 37 heavy (non-hydrogen) atoms. The highest BCUT2D eigenvalue weighted by atomic mass is 32.1. The molecule has 0 aliphatic heterocycles. The van der Waals surface area contributed by atoms with Crippen molar-refractivity contribution < 1.29 is 4.74 Å². The Bertz CT molecular complexity index is 1720. The lowest BCUT2D eigenvalue weighted by Crippen LogP contribution is -2.00. The summed E-state index contributed by atoms with van der Waals surface area (Å²) in [4.78, 5) is 17.9. The molecule has 3 N–H and O–H groups in total. The van der Waals surface area contributed by atoms with Crippen LogP contribution < -0.4 is 15.8 Å². The number of rotatable bonds is 6. The van der Waals surface area contributed by atoms with E-state index in [0.717, 1.165) is 32.7 Å². The number of nitrogens with zero attached hydrogens (tertiary/aromatic N) is 7. The van der Waals surface area contributed by atoms with Gasteiger partial charge in [-0.1, -0.05) is 24.3 Å². The fraction of sp³-hybridized carbons (Fsp3) is 0.0385. The lowest BCUT2D eigenvalue weighted by atomic mass is 10.1. The van der Waals surface area contributed by atoms with Crippen molar-refractivity contribution in [3.05, 3.63) is 84.9 Å².